The van der Waals surface area contributed by atoms with Crippen molar-refractivity contribution in [1.29, 1.82) is 0 Å². The molecule has 0 radical (unpaired) electrons. The Morgan fingerprint density at radius 2 is 1.43 bits per heavy atom. The van der Waals surface area contributed by atoms with Crippen molar-refractivity contribution in [2.45, 2.75) is 10.2 Å². The summed E-state index contributed by atoms with van der Waals surface area (Å²) in [6.07, 6.45) is -0.189. The van der Waals surface area contributed by atoms with Gasteiger partial charge in [0.25, 0.3) is 0 Å². The van der Waals surface area contributed by atoms with E-state index in [0.717, 1.165) is 12.1 Å². The van der Waals surface area contributed by atoms with Gasteiger partial charge in [-0.2, -0.15) is 0 Å². The van der Waals surface area contributed by atoms with Gasteiger partial charge in [0.1, 0.15) is 0 Å². The van der Waals surface area contributed by atoms with E-state index in [9.17, 15) is 13.2 Å². The Bertz CT molecular complexity index is 323. The normalized spacial score (nSPS) is 11.9. The van der Waals surface area contributed by atoms with E-state index in [1.54, 1.807) is 0 Å². The number of hydrogen-bond donors (Lipinski definition) is 0. The van der Waals surface area contributed by atoms with Gasteiger partial charge in [0.2, 0.25) is 0 Å². The molecule has 0 aromatic heterocycles. The fourth-order valence-electron chi connectivity index (χ4n) is 0.942. The van der Waals surface area contributed by atoms with Crippen molar-refractivity contribution in [2.75, 3.05) is 0 Å². The fourth-order valence-corrected chi connectivity index (χ4v) is 1.40. The molecular formula is C8H4Cl3F3. The minimum Gasteiger partial charge on any atom is -0.204 e. The number of rotatable bonds is 1. The molecule has 0 aliphatic rings. The van der Waals surface area contributed by atoms with Crippen molar-refractivity contribution < 1.29 is 13.2 Å². The van der Waals surface area contributed by atoms with Crippen LogP contribution in [0.15, 0.2) is 12.1 Å². The molecule has 0 aliphatic heterocycles. The molecule has 0 spiro atoms. The lowest BCUT2D eigenvalue weighted by molar-refractivity contribution is 0.445. The van der Waals surface area contributed by atoms with Crippen LogP contribution in [0.1, 0.15) is 5.56 Å². The number of halogens is 6. The van der Waals surface area contributed by atoms with Crippen LogP contribution in [0.5, 0.6) is 0 Å². The summed E-state index contributed by atoms with van der Waals surface area (Å²) in [4.78, 5) is 0. The van der Waals surface area contributed by atoms with Gasteiger partial charge in [0.15, 0.2) is 21.2 Å². The zero-order valence-electron chi connectivity index (χ0n) is 6.63. The molecule has 0 nitrogen and oxygen atoms in total. The summed E-state index contributed by atoms with van der Waals surface area (Å²) in [7, 11) is 0. The third kappa shape index (κ3) is 3.23. The molecule has 0 N–H and O–H groups in total. The standard InChI is InChI=1S/C8H4Cl3F3/c9-8(10,11)3-4-1-5(12)7(14)6(13)2-4/h1-2H,3H2. The third-order valence-electron chi connectivity index (χ3n) is 1.45. The predicted octanol–water partition coefficient (Wildman–Crippen LogP) is 4.02. The maximum atomic E-state index is 12.7. The Kier molecular flexibility index (Phi) is 3.56. The largest absolute Gasteiger partial charge is 0.204 e. The van der Waals surface area contributed by atoms with Crippen LogP contribution in [0.4, 0.5) is 13.2 Å². The van der Waals surface area contributed by atoms with Gasteiger partial charge in [0, 0.05) is 6.42 Å². The van der Waals surface area contributed by atoms with E-state index in [4.69, 9.17) is 34.8 Å². The molecule has 0 unspecified atom stereocenters. The second kappa shape index (κ2) is 4.17. The Morgan fingerprint density at radius 1 is 1.00 bits per heavy atom. The summed E-state index contributed by atoms with van der Waals surface area (Å²) >= 11 is 16.2. The van der Waals surface area contributed by atoms with Crippen LogP contribution >= 0.6 is 34.8 Å². The van der Waals surface area contributed by atoms with Gasteiger partial charge in [-0.3, -0.25) is 0 Å². The molecule has 1 rings (SSSR count). The first-order chi connectivity index (χ1) is 6.29. The van der Waals surface area contributed by atoms with Crippen molar-refractivity contribution in [1.82, 2.24) is 0 Å². The van der Waals surface area contributed by atoms with Gasteiger partial charge >= 0.3 is 0 Å². The first-order valence-electron chi connectivity index (χ1n) is 3.50. The van der Waals surface area contributed by atoms with E-state index in [2.05, 4.69) is 0 Å². The van der Waals surface area contributed by atoms with Crippen LogP contribution in [0.25, 0.3) is 0 Å². The van der Waals surface area contributed by atoms with Crippen molar-refractivity contribution in [2.24, 2.45) is 0 Å². The average Bonchev–Trinajstić information content (AvgIpc) is 1.96. The van der Waals surface area contributed by atoms with Crippen LogP contribution in [0.2, 0.25) is 0 Å². The lowest BCUT2D eigenvalue weighted by Gasteiger charge is -2.10. The van der Waals surface area contributed by atoms with Crippen LogP contribution < -0.4 is 0 Å². The Hall–Kier alpha value is -0.120. The minimum atomic E-state index is -1.66. The quantitative estimate of drug-likeness (QED) is 0.530. The van der Waals surface area contributed by atoms with Gasteiger partial charge in [-0.05, 0) is 17.7 Å². The molecule has 1 aromatic carbocycles. The average molecular weight is 263 g/mol. The van der Waals surface area contributed by atoms with Crippen molar-refractivity contribution in [3.8, 4) is 0 Å². The molecule has 0 saturated carbocycles. The summed E-state index contributed by atoms with van der Waals surface area (Å²) in [6.45, 7) is 0. The van der Waals surface area contributed by atoms with Crippen LogP contribution in [0, 0.1) is 17.5 Å². The molecule has 0 amide bonds. The van der Waals surface area contributed by atoms with E-state index in [1.807, 2.05) is 0 Å². The first-order valence-corrected chi connectivity index (χ1v) is 4.63. The third-order valence-corrected chi connectivity index (χ3v) is 1.85. The van der Waals surface area contributed by atoms with E-state index in [0.29, 0.717) is 0 Å². The van der Waals surface area contributed by atoms with Crippen molar-refractivity contribution in [3.05, 3.63) is 35.1 Å². The van der Waals surface area contributed by atoms with Crippen LogP contribution in [0.3, 0.4) is 0 Å². The molecule has 0 aliphatic carbocycles. The molecule has 1 aromatic rings. The molecule has 0 fully saturated rings. The van der Waals surface area contributed by atoms with E-state index < -0.39 is 21.2 Å². The molecule has 6 heteroatoms. The topological polar surface area (TPSA) is 0 Å². The van der Waals surface area contributed by atoms with E-state index in [1.165, 1.54) is 0 Å². The predicted molar refractivity (Wildman–Crippen MR) is 50.3 cm³/mol. The molecule has 14 heavy (non-hydrogen) atoms. The molecular weight excluding hydrogens is 259 g/mol. The van der Waals surface area contributed by atoms with Gasteiger partial charge < -0.3 is 0 Å². The van der Waals surface area contributed by atoms with E-state index >= 15 is 0 Å². The second-order valence-electron chi connectivity index (χ2n) is 2.67. The Morgan fingerprint density at radius 3 is 1.79 bits per heavy atom. The second-order valence-corrected chi connectivity index (χ2v) is 5.18. The molecule has 78 valence electrons. The smallest absolute Gasteiger partial charge is 0.194 e. The zero-order chi connectivity index (χ0) is 10.9. The minimum absolute atomic E-state index is 0.0846. The monoisotopic (exact) mass is 262 g/mol. The van der Waals surface area contributed by atoms with Crippen LogP contribution in [-0.4, -0.2) is 3.79 Å². The highest BCUT2D eigenvalue weighted by Crippen LogP contribution is 2.31. The Balaban J connectivity index is 3.02. The highest BCUT2D eigenvalue weighted by atomic mass is 35.6. The lowest BCUT2D eigenvalue weighted by atomic mass is 10.1. The Labute approximate surface area is 93.6 Å². The van der Waals surface area contributed by atoms with Gasteiger partial charge in [0.05, 0.1) is 0 Å². The highest BCUT2D eigenvalue weighted by molar-refractivity contribution is 6.67. The molecule has 0 saturated heterocycles. The number of alkyl halides is 3. The number of hydrogen-bond acceptors (Lipinski definition) is 0. The fraction of sp³-hybridized carbons (Fsp3) is 0.250. The van der Waals surface area contributed by atoms with Gasteiger partial charge in [-0.15, -0.1) is 0 Å². The SMILES string of the molecule is Fc1cc(CC(Cl)(Cl)Cl)cc(F)c1F. The lowest BCUT2D eigenvalue weighted by Crippen LogP contribution is -2.08. The zero-order valence-corrected chi connectivity index (χ0v) is 8.90. The molecule has 0 heterocycles. The van der Waals surface area contributed by atoms with Crippen molar-refractivity contribution >= 4 is 34.8 Å². The summed E-state index contributed by atoms with van der Waals surface area (Å²) in [5, 5.41) is 0. The summed E-state index contributed by atoms with van der Waals surface area (Å²) in [5.74, 6) is -4.12. The molecule has 0 atom stereocenters. The molecule has 0 bridgehead atoms. The van der Waals surface area contributed by atoms with Crippen LogP contribution in [-0.2, 0) is 6.42 Å². The maximum Gasteiger partial charge on any atom is 0.194 e. The van der Waals surface area contributed by atoms with Gasteiger partial charge in [-0.1, -0.05) is 34.8 Å². The highest BCUT2D eigenvalue weighted by Gasteiger charge is 2.22. The maximum absolute atomic E-state index is 12.7. The van der Waals surface area contributed by atoms with Crippen molar-refractivity contribution in [3.63, 3.8) is 0 Å². The summed E-state index contributed by atoms with van der Waals surface area (Å²) < 4.78 is 36.2. The van der Waals surface area contributed by atoms with Gasteiger partial charge in [-0.25, -0.2) is 13.2 Å². The van der Waals surface area contributed by atoms with E-state index in [-0.39, 0.29) is 12.0 Å². The first kappa shape index (κ1) is 12.0. The number of benzene rings is 1. The summed E-state index contributed by atoms with van der Waals surface area (Å²) in [5.41, 5.74) is 0.0846. The summed E-state index contributed by atoms with van der Waals surface area (Å²) in [6, 6.07) is 1.58.